The van der Waals surface area contributed by atoms with Crippen LogP contribution in [0.15, 0.2) is 42.5 Å². The molecule has 2 aromatic carbocycles. The van der Waals surface area contributed by atoms with Gasteiger partial charge in [-0.15, -0.1) is 0 Å². The van der Waals surface area contributed by atoms with E-state index in [1.807, 2.05) is 44.2 Å². The van der Waals surface area contributed by atoms with Gasteiger partial charge in [0.25, 0.3) is 5.91 Å². The van der Waals surface area contributed by atoms with Crippen molar-refractivity contribution in [2.45, 2.75) is 13.8 Å². The molecule has 0 unspecified atom stereocenters. The number of aromatic hydroxyl groups is 1. The van der Waals surface area contributed by atoms with Crippen LogP contribution in [0.1, 0.15) is 22.8 Å². The number of phenols is 1. The lowest BCUT2D eigenvalue weighted by Crippen LogP contribution is -2.22. The van der Waals surface area contributed by atoms with E-state index < -0.39 is 0 Å². The monoisotopic (exact) mass is 255 g/mol. The smallest absolute Gasteiger partial charge is 0.251 e. The average Bonchev–Trinajstić information content (AvgIpc) is 2.42. The maximum absolute atomic E-state index is 11.8. The van der Waals surface area contributed by atoms with Gasteiger partial charge in [0.05, 0.1) is 0 Å². The van der Waals surface area contributed by atoms with Crippen LogP contribution >= 0.6 is 0 Å². The zero-order valence-corrected chi connectivity index (χ0v) is 11.1. The molecule has 0 spiro atoms. The normalized spacial score (nSPS) is 10.2. The predicted molar refractivity (Wildman–Crippen MR) is 76.3 cm³/mol. The summed E-state index contributed by atoms with van der Waals surface area (Å²) < 4.78 is 0. The summed E-state index contributed by atoms with van der Waals surface area (Å²) in [6, 6.07) is 12.9. The molecule has 0 radical (unpaired) electrons. The number of benzene rings is 2. The van der Waals surface area contributed by atoms with Crippen LogP contribution in [0, 0.1) is 6.92 Å². The number of aryl methyl sites for hydroxylation is 1. The van der Waals surface area contributed by atoms with Crippen LogP contribution in [0.25, 0.3) is 11.1 Å². The van der Waals surface area contributed by atoms with Crippen LogP contribution in [0.5, 0.6) is 5.75 Å². The average molecular weight is 255 g/mol. The lowest BCUT2D eigenvalue weighted by molar-refractivity contribution is 0.0956. The van der Waals surface area contributed by atoms with Crippen molar-refractivity contribution in [1.82, 2.24) is 5.32 Å². The van der Waals surface area contributed by atoms with E-state index in [4.69, 9.17) is 0 Å². The molecule has 0 atom stereocenters. The van der Waals surface area contributed by atoms with Gasteiger partial charge in [0.2, 0.25) is 0 Å². The summed E-state index contributed by atoms with van der Waals surface area (Å²) in [6.07, 6.45) is 0. The van der Waals surface area contributed by atoms with Crippen molar-refractivity contribution in [2.24, 2.45) is 0 Å². The van der Waals surface area contributed by atoms with Crippen molar-refractivity contribution < 1.29 is 9.90 Å². The molecule has 0 aliphatic heterocycles. The second-order valence-corrected chi connectivity index (χ2v) is 4.44. The Morgan fingerprint density at radius 2 is 1.89 bits per heavy atom. The first-order valence-electron chi connectivity index (χ1n) is 6.30. The molecular formula is C16H17NO2. The molecule has 3 heteroatoms. The number of hydrogen-bond acceptors (Lipinski definition) is 2. The largest absolute Gasteiger partial charge is 0.508 e. The van der Waals surface area contributed by atoms with Crippen LogP contribution in [0.2, 0.25) is 0 Å². The fourth-order valence-electron chi connectivity index (χ4n) is 1.89. The maximum atomic E-state index is 11.8. The summed E-state index contributed by atoms with van der Waals surface area (Å²) in [5.41, 5.74) is 3.27. The van der Waals surface area contributed by atoms with Gasteiger partial charge in [-0.05, 0) is 48.7 Å². The van der Waals surface area contributed by atoms with Crippen molar-refractivity contribution in [1.29, 1.82) is 0 Å². The Bertz CT molecular complexity index is 605. The molecule has 2 rings (SSSR count). The van der Waals surface area contributed by atoms with Gasteiger partial charge < -0.3 is 10.4 Å². The highest BCUT2D eigenvalue weighted by Crippen LogP contribution is 2.26. The third kappa shape index (κ3) is 2.94. The molecule has 2 aromatic rings. The zero-order chi connectivity index (χ0) is 13.8. The number of hydrogen-bond donors (Lipinski definition) is 2. The number of carbonyl (C=O) groups is 1. The van der Waals surface area contributed by atoms with E-state index in [2.05, 4.69) is 5.32 Å². The minimum atomic E-state index is -0.0827. The van der Waals surface area contributed by atoms with Gasteiger partial charge >= 0.3 is 0 Å². The Morgan fingerprint density at radius 1 is 1.16 bits per heavy atom. The molecule has 19 heavy (non-hydrogen) atoms. The minimum absolute atomic E-state index is 0.0827. The van der Waals surface area contributed by atoms with Crippen molar-refractivity contribution in [3.05, 3.63) is 53.6 Å². The van der Waals surface area contributed by atoms with Crippen LogP contribution in [0.3, 0.4) is 0 Å². The van der Waals surface area contributed by atoms with E-state index in [0.29, 0.717) is 12.1 Å². The molecule has 0 bridgehead atoms. The highest BCUT2D eigenvalue weighted by molar-refractivity contribution is 5.95. The van der Waals surface area contributed by atoms with Crippen molar-refractivity contribution in [3.8, 4) is 16.9 Å². The quantitative estimate of drug-likeness (QED) is 0.885. The summed E-state index contributed by atoms with van der Waals surface area (Å²) in [5.74, 6) is 0.182. The Morgan fingerprint density at radius 3 is 2.58 bits per heavy atom. The van der Waals surface area contributed by atoms with Gasteiger partial charge in [-0.1, -0.05) is 24.3 Å². The van der Waals surface area contributed by atoms with Crippen LogP contribution < -0.4 is 5.32 Å². The van der Waals surface area contributed by atoms with Crippen LogP contribution in [-0.2, 0) is 0 Å². The van der Waals surface area contributed by atoms with Crippen LogP contribution in [0.4, 0.5) is 0 Å². The second kappa shape index (κ2) is 5.57. The SMILES string of the molecule is CCNC(=O)c1cccc(-c2ccc(C)c(O)c2)c1. The van der Waals surface area contributed by atoms with Crippen molar-refractivity contribution in [3.63, 3.8) is 0 Å². The molecule has 0 fully saturated rings. The molecule has 1 amide bonds. The Hall–Kier alpha value is -2.29. The highest BCUT2D eigenvalue weighted by Gasteiger charge is 2.07. The third-order valence-electron chi connectivity index (χ3n) is 3.00. The minimum Gasteiger partial charge on any atom is -0.508 e. The standard InChI is InChI=1S/C16H17NO2/c1-3-17-16(19)14-6-4-5-12(9-14)13-8-7-11(2)15(18)10-13/h4-10,18H,3H2,1-2H3,(H,17,19). The maximum Gasteiger partial charge on any atom is 0.251 e. The van der Waals surface area contributed by atoms with Gasteiger partial charge in [0, 0.05) is 12.1 Å². The molecular weight excluding hydrogens is 238 g/mol. The van der Waals surface area contributed by atoms with Gasteiger partial charge in [-0.2, -0.15) is 0 Å². The van der Waals surface area contributed by atoms with E-state index in [0.717, 1.165) is 16.7 Å². The summed E-state index contributed by atoms with van der Waals surface area (Å²) in [4.78, 5) is 11.8. The Balaban J connectivity index is 2.37. The molecule has 0 heterocycles. The Labute approximate surface area is 112 Å². The molecule has 0 saturated heterocycles. The van der Waals surface area contributed by atoms with Crippen molar-refractivity contribution in [2.75, 3.05) is 6.54 Å². The Kier molecular flexibility index (Phi) is 3.85. The number of phenolic OH excluding ortho intramolecular Hbond substituents is 1. The van der Waals surface area contributed by atoms with Gasteiger partial charge in [-0.3, -0.25) is 4.79 Å². The van der Waals surface area contributed by atoms with E-state index in [-0.39, 0.29) is 11.7 Å². The summed E-state index contributed by atoms with van der Waals surface area (Å²) in [6.45, 7) is 4.35. The van der Waals surface area contributed by atoms with Gasteiger partial charge in [-0.25, -0.2) is 0 Å². The lowest BCUT2D eigenvalue weighted by atomic mass is 10.0. The molecule has 0 aliphatic carbocycles. The first-order valence-corrected chi connectivity index (χ1v) is 6.30. The lowest BCUT2D eigenvalue weighted by Gasteiger charge is -2.07. The number of rotatable bonds is 3. The molecule has 0 aliphatic rings. The number of nitrogens with one attached hydrogen (secondary N) is 1. The zero-order valence-electron chi connectivity index (χ0n) is 11.1. The summed E-state index contributed by atoms with van der Waals surface area (Å²) >= 11 is 0. The molecule has 98 valence electrons. The number of amides is 1. The van der Waals surface area contributed by atoms with E-state index >= 15 is 0 Å². The molecule has 0 aromatic heterocycles. The van der Waals surface area contributed by atoms with E-state index in [9.17, 15) is 9.90 Å². The second-order valence-electron chi connectivity index (χ2n) is 4.44. The third-order valence-corrected chi connectivity index (χ3v) is 3.00. The topological polar surface area (TPSA) is 49.3 Å². The molecule has 0 saturated carbocycles. The van der Waals surface area contributed by atoms with Gasteiger partial charge in [0.15, 0.2) is 0 Å². The van der Waals surface area contributed by atoms with E-state index in [1.54, 1.807) is 12.1 Å². The molecule has 2 N–H and O–H groups in total. The van der Waals surface area contributed by atoms with E-state index in [1.165, 1.54) is 0 Å². The predicted octanol–water partition coefficient (Wildman–Crippen LogP) is 3.12. The fourth-order valence-corrected chi connectivity index (χ4v) is 1.89. The first kappa shape index (κ1) is 13.1. The molecule has 3 nitrogen and oxygen atoms in total. The fraction of sp³-hybridized carbons (Fsp3) is 0.188. The summed E-state index contributed by atoms with van der Waals surface area (Å²) in [7, 11) is 0. The van der Waals surface area contributed by atoms with Gasteiger partial charge in [0.1, 0.15) is 5.75 Å². The highest BCUT2D eigenvalue weighted by atomic mass is 16.3. The summed E-state index contributed by atoms with van der Waals surface area (Å²) in [5, 5.41) is 12.5. The first-order chi connectivity index (χ1) is 9.11. The number of carbonyl (C=O) groups excluding carboxylic acids is 1. The van der Waals surface area contributed by atoms with Crippen molar-refractivity contribution >= 4 is 5.91 Å². The van der Waals surface area contributed by atoms with Crippen LogP contribution in [-0.4, -0.2) is 17.6 Å².